The number of piperidine rings is 1. The molecule has 2 aliphatic heterocycles. The Hall–Kier alpha value is -1.02. The Labute approximate surface area is 110 Å². The number of hydrogen-bond acceptors (Lipinski definition) is 2. The minimum Gasteiger partial charge on any atom is -0.368 e. The van der Waals surface area contributed by atoms with Crippen molar-refractivity contribution in [2.24, 2.45) is 0 Å². The lowest BCUT2D eigenvalue weighted by atomic mass is 9.94. The highest BCUT2D eigenvalue weighted by atomic mass is 15.2. The van der Waals surface area contributed by atoms with Crippen LogP contribution in [-0.2, 0) is 13.0 Å². The quantitative estimate of drug-likeness (QED) is 0.860. The van der Waals surface area contributed by atoms with Crippen LogP contribution in [-0.4, -0.2) is 19.1 Å². The molecule has 1 unspecified atom stereocenters. The van der Waals surface area contributed by atoms with Crippen molar-refractivity contribution in [2.75, 3.05) is 18.0 Å². The van der Waals surface area contributed by atoms with Gasteiger partial charge in [0, 0.05) is 24.8 Å². The van der Waals surface area contributed by atoms with Gasteiger partial charge in [-0.05, 0) is 55.8 Å². The molecule has 0 aliphatic carbocycles. The Morgan fingerprint density at radius 1 is 1.33 bits per heavy atom. The van der Waals surface area contributed by atoms with Crippen molar-refractivity contribution in [3.8, 4) is 0 Å². The molecule has 3 rings (SSSR count). The van der Waals surface area contributed by atoms with Crippen molar-refractivity contribution in [2.45, 2.75) is 51.6 Å². The molecule has 0 bridgehead atoms. The van der Waals surface area contributed by atoms with Crippen LogP contribution >= 0.6 is 0 Å². The fraction of sp³-hybridized carbons (Fsp3) is 0.625. The molecule has 98 valence electrons. The standard InChI is InChI=1S/C16H24N2/c1-2-14-7-3-4-11-18(14)16-8-5-6-13-9-10-17-12-15(13)16/h5-6,8,14,17H,2-4,7,9-12H2,1H3. The Kier molecular flexibility index (Phi) is 3.55. The molecule has 1 aromatic carbocycles. The molecule has 0 aromatic heterocycles. The second kappa shape index (κ2) is 5.31. The smallest absolute Gasteiger partial charge is 0.0417 e. The lowest BCUT2D eigenvalue weighted by Crippen LogP contribution is -2.40. The Morgan fingerprint density at radius 2 is 2.28 bits per heavy atom. The number of hydrogen-bond donors (Lipinski definition) is 1. The van der Waals surface area contributed by atoms with Gasteiger partial charge in [0.05, 0.1) is 0 Å². The molecule has 1 saturated heterocycles. The predicted molar refractivity (Wildman–Crippen MR) is 77.1 cm³/mol. The van der Waals surface area contributed by atoms with Crippen molar-refractivity contribution in [1.29, 1.82) is 0 Å². The third-order valence-electron chi connectivity index (χ3n) is 4.53. The number of nitrogens with zero attached hydrogens (tertiary/aromatic N) is 1. The summed E-state index contributed by atoms with van der Waals surface area (Å²) in [6.07, 6.45) is 6.59. The van der Waals surface area contributed by atoms with Crippen molar-refractivity contribution >= 4 is 5.69 Å². The number of nitrogens with one attached hydrogen (secondary N) is 1. The second-order valence-corrected chi connectivity index (χ2v) is 5.59. The van der Waals surface area contributed by atoms with Crippen LogP contribution in [0, 0.1) is 0 Å². The molecule has 0 saturated carbocycles. The summed E-state index contributed by atoms with van der Waals surface area (Å²) in [7, 11) is 0. The second-order valence-electron chi connectivity index (χ2n) is 5.59. The topological polar surface area (TPSA) is 15.3 Å². The summed E-state index contributed by atoms with van der Waals surface area (Å²) < 4.78 is 0. The van der Waals surface area contributed by atoms with Crippen LogP contribution in [0.5, 0.6) is 0 Å². The maximum atomic E-state index is 3.53. The summed E-state index contributed by atoms with van der Waals surface area (Å²) in [5.74, 6) is 0. The van der Waals surface area contributed by atoms with Gasteiger partial charge in [-0.1, -0.05) is 19.1 Å². The van der Waals surface area contributed by atoms with E-state index in [0.29, 0.717) is 0 Å². The summed E-state index contributed by atoms with van der Waals surface area (Å²) in [5.41, 5.74) is 4.63. The molecule has 0 amide bonds. The van der Waals surface area contributed by atoms with Crippen molar-refractivity contribution in [1.82, 2.24) is 5.32 Å². The molecule has 2 heteroatoms. The van der Waals surface area contributed by atoms with E-state index in [1.807, 2.05) is 0 Å². The predicted octanol–water partition coefficient (Wildman–Crippen LogP) is 3.10. The van der Waals surface area contributed by atoms with Gasteiger partial charge in [0.2, 0.25) is 0 Å². The third kappa shape index (κ3) is 2.14. The largest absolute Gasteiger partial charge is 0.368 e. The summed E-state index contributed by atoms with van der Waals surface area (Å²) in [4.78, 5) is 2.68. The van der Waals surface area contributed by atoms with Crippen LogP contribution in [0.4, 0.5) is 5.69 Å². The van der Waals surface area contributed by atoms with E-state index in [-0.39, 0.29) is 0 Å². The van der Waals surface area contributed by atoms with Gasteiger partial charge in [0.25, 0.3) is 0 Å². The van der Waals surface area contributed by atoms with Crippen LogP contribution < -0.4 is 10.2 Å². The van der Waals surface area contributed by atoms with E-state index >= 15 is 0 Å². The zero-order chi connectivity index (χ0) is 12.4. The first-order chi connectivity index (χ1) is 8.90. The van der Waals surface area contributed by atoms with Crippen LogP contribution in [0.1, 0.15) is 43.7 Å². The fourth-order valence-electron chi connectivity index (χ4n) is 3.51. The van der Waals surface area contributed by atoms with Crippen molar-refractivity contribution < 1.29 is 0 Å². The number of anilines is 1. The average molecular weight is 244 g/mol. The first kappa shape index (κ1) is 12.0. The van der Waals surface area contributed by atoms with E-state index in [9.17, 15) is 0 Å². The molecule has 0 spiro atoms. The van der Waals surface area contributed by atoms with Gasteiger partial charge in [0.15, 0.2) is 0 Å². The van der Waals surface area contributed by atoms with E-state index in [1.165, 1.54) is 44.3 Å². The fourth-order valence-corrected chi connectivity index (χ4v) is 3.51. The van der Waals surface area contributed by atoms with Crippen molar-refractivity contribution in [3.63, 3.8) is 0 Å². The van der Waals surface area contributed by atoms with Gasteiger partial charge in [-0.15, -0.1) is 0 Å². The first-order valence-electron chi connectivity index (χ1n) is 7.48. The average Bonchev–Trinajstić information content (AvgIpc) is 2.46. The Morgan fingerprint density at radius 3 is 3.17 bits per heavy atom. The van der Waals surface area contributed by atoms with Crippen LogP contribution in [0.3, 0.4) is 0 Å². The molecule has 0 radical (unpaired) electrons. The van der Waals surface area contributed by atoms with E-state index < -0.39 is 0 Å². The van der Waals surface area contributed by atoms with Gasteiger partial charge >= 0.3 is 0 Å². The molecule has 2 aliphatic rings. The molecule has 1 fully saturated rings. The molecule has 18 heavy (non-hydrogen) atoms. The molecule has 1 atom stereocenters. The maximum absolute atomic E-state index is 3.53. The first-order valence-corrected chi connectivity index (χ1v) is 7.48. The highest BCUT2D eigenvalue weighted by Crippen LogP contribution is 2.32. The minimum atomic E-state index is 0.757. The molecule has 1 aromatic rings. The highest BCUT2D eigenvalue weighted by molar-refractivity contribution is 5.58. The number of fused-ring (bicyclic) bond motifs is 1. The minimum absolute atomic E-state index is 0.757. The van der Waals surface area contributed by atoms with Gasteiger partial charge in [-0.25, -0.2) is 0 Å². The molecular formula is C16H24N2. The number of benzene rings is 1. The van der Waals surface area contributed by atoms with Crippen LogP contribution in [0.2, 0.25) is 0 Å². The number of rotatable bonds is 2. The van der Waals surface area contributed by atoms with Crippen LogP contribution in [0.25, 0.3) is 0 Å². The van der Waals surface area contributed by atoms with E-state index in [2.05, 4.69) is 35.3 Å². The third-order valence-corrected chi connectivity index (χ3v) is 4.53. The van der Waals surface area contributed by atoms with E-state index in [4.69, 9.17) is 0 Å². The zero-order valence-electron chi connectivity index (χ0n) is 11.4. The molecule has 2 nitrogen and oxygen atoms in total. The van der Waals surface area contributed by atoms with Gasteiger partial charge in [-0.3, -0.25) is 0 Å². The molecular weight excluding hydrogens is 220 g/mol. The van der Waals surface area contributed by atoms with E-state index in [1.54, 1.807) is 11.1 Å². The monoisotopic (exact) mass is 244 g/mol. The zero-order valence-corrected chi connectivity index (χ0v) is 11.4. The molecule has 1 N–H and O–H groups in total. The normalized spacial score (nSPS) is 23.8. The van der Waals surface area contributed by atoms with E-state index in [0.717, 1.165) is 19.1 Å². The van der Waals surface area contributed by atoms with Crippen LogP contribution in [0.15, 0.2) is 18.2 Å². The maximum Gasteiger partial charge on any atom is 0.0417 e. The summed E-state index contributed by atoms with van der Waals surface area (Å²) >= 11 is 0. The Bertz CT molecular complexity index is 414. The lowest BCUT2D eigenvalue weighted by Gasteiger charge is -2.39. The van der Waals surface area contributed by atoms with Crippen molar-refractivity contribution in [3.05, 3.63) is 29.3 Å². The summed E-state index contributed by atoms with van der Waals surface area (Å²) in [6.45, 7) is 5.76. The van der Waals surface area contributed by atoms with Gasteiger partial charge in [0.1, 0.15) is 0 Å². The lowest BCUT2D eigenvalue weighted by molar-refractivity contribution is 0.448. The summed E-state index contributed by atoms with van der Waals surface area (Å²) in [5, 5.41) is 3.53. The van der Waals surface area contributed by atoms with Gasteiger partial charge < -0.3 is 10.2 Å². The summed E-state index contributed by atoms with van der Waals surface area (Å²) in [6, 6.07) is 7.65. The molecule has 2 heterocycles. The highest BCUT2D eigenvalue weighted by Gasteiger charge is 2.24. The van der Waals surface area contributed by atoms with Gasteiger partial charge in [-0.2, -0.15) is 0 Å². The SMILES string of the molecule is CCC1CCCCN1c1cccc2c1CNCC2. The Balaban J connectivity index is 1.95.